The van der Waals surface area contributed by atoms with Crippen LogP contribution in [0.25, 0.3) is 0 Å². The molecule has 1 heterocycles. The first-order chi connectivity index (χ1) is 7.07. The van der Waals surface area contributed by atoms with Gasteiger partial charge in [0.25, 0.3) is 0 Å². The van der Waals surface area contributed by atoms with E-state index in [0.717, 1.165) is 17.8 Å². The topological polar surface area (TPSA) is 55.0 Å². The molecule has 4 nitrogen and oxygen atoms in total. The van der Waals surface area contributed by atoms with Crippen LogP contribution in [0.2, 0.25) is 0 Å². The molecule has 84 valence electrons. The second-order valence-electron chi connectivity index (χ2n) is 3.96. The summed E-state index contributed by atoms with van der Waals surface area (Å²) in [5.74, 6) is 1.50. The molecular weight excluding hydrogens is 188 g/mol. The molecule has 0 bridgehead atoms. The molecule has 2 N–H and O–H groups in total. The van der Waals surface area contributed by atoms with Crippen molar-refractivity contribution in [1.82, 2.24) is 9.97 Å². The lowest BCUT2D eigenvalue weighted by Gasteiger charge is -2.27. The summed E-state index contributed by atoms with van der Waals surface area (Å²) in [6.45, 7) is 6.34. The van der Waals surface area contributed by atoms with Gasteiger partial charge in [-0.15, -0.1) is 0 Å². The zero-order valence-corrected chi connectivity index (χ0v) is 9.99. The first kappa shape index (κ1) is 11.8. The molecule has 15 heavy (non-hydrogen) atoms. The van der Waals surface area contributed by atoms with E-state index < -0.39 is 0 Å². The summed E-state index contributed by atoms with van der Waals surface area (Å²) in [5.41, 5.74) is 6.72. The number of rotatable bonds is 4. The second kappa shape index (κ2) is 4.96. The Kier molecular flexibility index (Phi) is 3.88. The van der Waals surface area contributed by atoms with Gasteiger partial charge >= 0.3 is 0 Å². The fourth-order valence-corrected chi connectivity index (χ4v) is 1.63. The quantitative estimate of drug-likeness (QED) is 0.822. The van der Waals surface area contributed by atoms with Crippen molar-refractivity contribution in [3.8, 4) is 0 Å². The Morgan fingerprint density at radius 3 is 2.73 bits per heavy atom. The Morgan fingerprint density at radius 1 is 1.47 bits per heavy atom. The Labute approximate surface area is 91.5 Å². The van der Waals surface area contributed by atoms with Crippen LogP contribution in [0.4, 0.5) is 11.6 Å². The van der Waals surface area contributed by atoms with E-state index in [4.69, 9.17) is 5.73 Å². The molecule has 1 aromatic rings. The van der Waals surface area contributed by atoms with E-state index in [1.165, 1.54) is 12.7 Å². The lowest BCUT2D eigenvalue weighted by Crippen LogP contribution is -2.30. The zero-order chi connectivity index (χ0) is 11.4. The molecule has 4 heteroatoms. The molecule has 0 spiro atoms. The molecule has 0 aromatic carbocycles. The highest BCUT2D eigenvalue weighted by Crippen LogP contribution is 2.21. The van der Waals surface area contributed by atoms with Crippen LogP contribution in [0.1, 0.15) is 32.3 Å². The van der Waals surface area contributed by atoms with E-state index in [0.29, 0.717) is 11.9 Å². The number of nitrogens with zero attached hydrogens (tertiary/aromatic N) is 3. The van der Waals surface area contributed by atoms with Gasteiger partial charge in [0.15, 0.2) is 0 Å². The molecule has 0 fully saturated rings. The van der Waals surface area contributed by atoms with Crippen LogP contribution in [0.15, 0.2) is 6.33 Å². The van der Waals surface area contributed by atoms with Crippen LogP contribution in [0, 0.1) is 6.92 Å². The molecule has 0 saturated carbocycles. The maximum absolute atomic E-state index is 5.75. The van der Waals surface area contributed by atoms with Crippen molar-refractivity contribution in [2.24, 2.45) is 0 Å². The summed E-state index contributed by atoms with van der Waals surface area (Å²) in [5, 5.41) is 0. The van der Waals surface area contributed by atoms with E-state index in [9.17, 15) is 0 Å². The SMILES string of the molecule is CCCC(C)N(C)c1ncnc(N)c1C. The fourth-order valence-electron chi connectivity index (χ4n) is 1.63. The molecular formula is C11H20N4. The minimum atomic E-state index is 0.475. The minimum absolute atomic E-state index is 0.475. The monoisotopic (exact) mass is 208 g/mol. The Morgan fingerprint density at radius 2 is 2.13 bits per heavy atom. The van der Waals surface area contributed by atoms with Gasteiger partial charge in [-0.3, -0.25) is 0 Å². The predicted octanol–water partition coefficient (Wildman–Crippen LogP) is 1.99. The zero-order valence-electron chi connectivity index (χ0n) is 9.99. The number of nitrogens with two attached hydrogens (primary N) is 1. The average molecular weight is 208 g/mol. The molecule has 0 aliphatic carbocycles. The molecule has 0 amide bonds. The van der Waals surface area contributed by atoms with Crippen molar-refractivity contribution >= 4 is 11.6 Å². The lowest BCUT2D eigenvalue weighted by molar-refractivity contribution is 0.609. The molecule has 0 aliphatic heterocycles. The number of aromatic nitrogens is 2. The summed E-state index contributed by atoms with van der Waals surface area (Å²) in [4.78, 5) is 10.4. The van der Waals surface area contributed by atoms with E-state index >= 15 is 0 Å². The van der Waals surface area contributed by atoms with Crippen LogP contribution < -0.4 is 10.6 Å². The first-order valence-electron chi connectivity index (χ1n) is 5.37. The molecule has 0 saturated heterocycles. The summed E-state index contributed by atoms with van der Waals surface area (Å²) >= 11 is 0. The van der Waals surface area contributed by atoms with Gasteiger partial charge in [0, 0.05) is 18.7 Å². The number of hydrogen-bond acceptors (Lipinski definition) is 4. The molecule has 1 atom stereocenters. The number of hydrogen-bond donors (Lipinski definition) is 1. The first-order valence-corrected chi connectivity index (χ1v) is 5.37. The Balaban J connectivity index is 2.90. The summed E-state index contributed by atoms with van der Waals surface area (Å²) in [6, 6.07) is 0.475. The molecule has 1 aromatic heterocycles. The summed E-state index contributed by atoms with van der Waals surface area (Å²) in [7, 11) is 2.05. The van der Waals surface area contributed by atoms with Crippen molar-refractivity contribution < 1.29 is 0 Å². The van der Waals surface area contributed by atoms with Crippen molar-refractivity contribution in [1.29, 1.82) is 0 Å². The standard InChI is InChI=1S/C11H20N4/c1-5-6-8(2)15(4)11-9(3)10(12)13-7-14-11/h7-8H,5-6H2,1-4H3,(H2,12,13,14). The van der Waals surface area contributed by atoms with Crippen LogP contribution in [0.5, 0.6) is 0 Å². The summed E-state index contributed by atoms with van der Waals surface area (Å²) < 4.78 is 0. The van der Waals surface area contributed by atoms with E-state index in [1.807, 2.05) is 6.92 Å². The molecule has 1 unspecified atom stereocenters. The third kappa shape index (κ3) is 2.58. The van der Waals surface area contributed by atoms with Crippen LogP contribution in [0.3, 0.4) is 0 Å². The highest BCUT2D eigenvalue weighted by molar-refractivity contribution is 5.55. The van der Waals surface area contributed by atoms with Crippen LogP contribution in [-0.4, -0.2) is 23.1 Å². The lowest BCUT2D eigenvalue weighted by atomic mass is 10.1. The smallest absolute Gasteiger partial charge is 0.136 e. The van der Waals surface area contributed by atoms with Gasteiger partial charge < -0.3 is 10.6 Å². The Hall–Kier alpha value is -1.32. The third-order valence-electron chi connectivity index (χ3n) is 2.80. The maximum Gasteiger partial charge on any atom is 0.136 e. The fraction of sp³-hybridized carbons (Fsp3) is 0.636. The van der Waals surface area contributed by atoms with Gasteiger partial charge in [-0.1, -0.05) is 13.3 Å². The van der Waals surface area contributed by atoms with Crippen molar-refractivity contribution in [3.63, 3.8) is 0 Å². The predicted molar refractivity (Wildman–Crippen MR) is 64.0 cm³/mol. The van der Waals surface area contributed by atoms with Crippen LogP contribution >= 0.6 is 0 Å². The normalized spacial score (nSPS) is 12.5. The molecule has 0 radical (unpaired) electrons. The van der Waals surface area contributed by atoms with Gasteiger partial charge in [0.2, 0.25) is 0 Å². The highest BCUT2D eigenvalue weighted by atomic mass is 15.2. The van der Waals surface area contributed by atoms with E-state index in [-0.39, 0.29) is 0 Å². The van der Waals surface area contributed by atoms with Crippen molar-refractivity contribution in [2.75, 3.05) is 17.7 Å². The Bertz CT molecular complexity index is 324. The van der Waals surface area contributed by atoms with Crippen LogP contribution in [-0.2, 0) is 0 Å². The van der Waals surface area contributed by atoms with Gasteiger partial charge in [-0.25, -0.2) is 9.97 Å². The van der Waals surface area contributed by atoms with Crippen molar-refractivity contribution in [3.05, 3.63) is 11.9 Å². The van der Waals surface area contributed by atoms with Crippen molar-refractivity contribution in [2.45, 2.75) is 39.7 Å². The third-order valence-corrected chi connectivity index (χ3v) is 2.80. The van der Waals surface area contributed by atoms with E-state index in [2.05, 4.69) is 35.8 Å². The molecule has 1 rings (SSSR count). The maximum atomic E-state index is 5.75. The highest BCUT2D eigenvalue weighted by Gasteiger charge is 2.13. The largest absolute Gasteiger partial charge is 0.383 e. The second-order valence-corrected chi connectivity index (χ2v) is 3.96. The van der Waals surface area contributed by atoms with Gasteiger partial charge in [-0.2, -0.15) is 0 Å². The van der Waals surface area contributed by atoms with Gasteiger partial charge in [-0.05, 0) is 20.3 Å². The average Bonchev–Trinajstić information content (AvgIpc) is 2.21. The molecule has 0 aliphatic rings. The van der Waals surface area contributed by atoms with E-state index in [1.54, 1.807) is 0 Å². The van der Waals surface area contributed by atoms with Gasteiger partial charge in [0.05, 0.1) is 0 Å². The number of nitrogen functional groups attached to an aromatic ring is 1. The summed E-state index contributed by atoms with van der Waals surface area (Å²) in [6.07, 6.45) is 3.85. The van der Waals surface area contributed by atoms with Gasteiger partial charge in [0.1, 0.15) is 18.0 Å². The number of anilines is 2. The minimum Gasteiger partial charge on any atom is -0.383 e.